The lowest BCUT2D eigenvalue weighted by atomic mass is 10.1. The van der Waals surface area contributed by atoms with Gasteiger partial charge in [-0.05, 0) is 61.9 Å². The van der Waals surface area contributed by atoms with E-state index in [-0.39, 0.29) is 5.91 Å². The van der Waals surface area contributed by atoms with Crippen molar-refractivity contribution in [1.29, 1.82) is 0 Å². The highest BCUT2D eigenvalue weighted by Gasteiger charge is 2.26. The molecule has 0 radical (unpaired) electrons. The molecule has 2 fully saturated rings. The quantitative estimate of drug-likeness (QED) is 0.892. The van der Waals surface area contributed by atoms with Crippen LogP contribution in [0.5, 0.6) is 5.75 Å². The number of carbonyl (C=O) groups is 1. The first-order valence-corrected chi connectivity index (χ1v) is 7.48. The van der Waals surface area contributed by atoms with Crippen molar-refractivity contribution in [2.75, 3.05) is 26.2 Å². The number of ether oxygens (including phenoxy) is 1. The van der Waals surface area contributed by atoms with Crippen molar-refractivity contribution in [3.63, 3.8) is 0 Å². The minimum atomic E-state index is 0.106. The first kappa shape index (κ1) is 13.4. The van der Waals surface area contributed by atoms with E-state index in [0.717, 1.165) is 43.3 Å². The molecule has 1 aliphatic heterocycles. The monoisotopic (exact) mass is 274 g/mol. The SMILES string of the molecule is NCC1CCN(C(=O)c2ccc(OCC3CC3)cc2)C1. The molecule has 1 unspecified atom stereocenters. The zero-order chi connectivity index (χ0) is 13.9. The third-order valence-corrected chi connectivity index (χ3v) is 4.19. The van der Waals surface area contributed by atoms with E-state index in [2.05, 4.69) is 0 Å². The fourth-order valence-electron chi connectivity index (χ4n) is 2.58. The van der Waals surface area contributed by atoms with Gasteiger partial charge in [-0.25, -0.2) is 0 Å². The summed E-state index contributed by atoms with van der Waals surface area (Å²) in [5.74, 6) is 2.17. The van der Waals surface area contributed by atoms with Crippen molar-refractivity contribution in [2.24, 2.45) is 17.6 Å². The van der Waals surface area contributed by atoms with Gasteiger partial charge in [0.2, 0.25) is 0 Å². The highest BCUT2D eigenvalue weighted by molar-refractivity contribution is 5.94. The molecule has 1 heterocycles. The fourth-order valence-corrected chi connectivity index (χ4v) is 2.58. The molecule has 3 rings (SSSR count). The lowest BCUT2D eigenvalue weighted by molar-refractivity contribution is 0.0787. The summed E-state index contributed by atoms with van der Waals surface area (Å²) in [4.78, 5) is 14.2. The summed E-state index contributed by atoms with van der Waals surface area (Å²) in [6.45, 7) is 3.07. The van der Waals surface area contributed by atoms with Crippen molar-refractivity contribution in [3.05, 3.63) is 29.8 Å². The van der Waals surface area contributed by atoms with Gasteiger partial charge in [0.05, 0.1) is 6.61 Å². The van der Waals surface area contributed by atoms with E-state index in [0.29, 0.717) is 12.5 Å². The molecule has 1 amide bonds. The normalized spacial score (nSPS) is 22.1. The highest BCUT2D eigenvalue weighted by Crippen LogP contribution is 2.29. The van der Waals surface area contributed by atoms with Crippen molar-refractivity contribution in [3.8, 4) is 5.75 Å². The third kappa shape index (κ3) is 3.12. The molecule has 108 valence electrons. The summed E-state index contributed by atoms with van der Waals surface area (Å²) in [5, 5.41) is 0. The van der Waals surface area contributed by atoms with Gasteiger partial charge in [-0.3, -0.25) is 4.79 Å². The van der Waals surface area contributed by atoms with Gasteiger partial charge in [0.15, 0.2) is 0 Å². The lowest BCUT2D eigenvalue weighted by Crippen LogP contribution is -2.29. The molecule has 2 N–H and O–H groups in total. The minimum Gasteiger partial charge on any atom is -0.493 e. The molecule has 1 aromatic carbocycles. The summed E-state index contributed by atoms with van der Waals surface area (Å²) in [5.41, 5.74) is 6.40. The van der Waals surface area contributed by atoms with Crippen LogP contribution in [0.2, 0.25) is 0 Å². The summed E-state index contributed by atoms with van der Waals surface area (Å²) in [6, 6.07) is 7.51. The molecule has 0 bridgehead atoms. The smallest absolute Gasteiger partial charge is 0.253 e. The topological polar surface area (TPSA) is 55.6 Å². The summed E-state index contributed by atoms with van der Waals surface area (Å²) >= 11 is 0. The number of benzene rings is 1. The lowest BCUT2D eigenvalue weighted by Gasteiger charge is -2.16. The van der Waals surface area contributed by atoms with Gasteiger partial charge in [0, 0.05) is 18.7 Å². The van der Waals surface area contributed by atoms with Crippen LogP contribution in [-0.4, -0.2) is 37.0 Å². The Morgan fingerprint density at radius 2 is 1.95 bits per heavy atom. The zero-order valence-electron chi connectivity index (χ0n) is 11.8. The van der Waals surface area contributed by atoms with Crippen LogP contribution in [0, 0.1) is 11.8 Å². The van der Waals surface area contributed by atoms with Crippen LogP contribution >= 0.6 is 0 Å². The average Bonchev–Trinajstić information content (AvgIpc) is 3.20. The molecule has 4 heteroatoms. The summed E-state index contributed by atoms with van der Waals surface area (Å²) in [7, 11) is 0. The Bertz CT molecular complexity index is 468. The molecule has 1 atom stereocenters. The van der Waals surface area contributed by atoms with E-state index in [1.807, 2.05) is 29.2 Å². The minimum absolute atomic E-state index is 0.106. The van der Waals surface area contributed by atoms with Crippen LogP contribution in [-0.2, 0) is 0 Å². The van der Waals surface area contributed by atoms with Crippen LogP contribution in [0.15, 0.2) is 24.3 Å². The standard InChI is InChI=1S/C16H22N2O2/c17-9-13-7-8-18(10-13)16(19)14-3-5-15(6-4-14)20-11-12-1-2-12/h3-6,12-13H,1-2,7-11,17H2. The van der Waals surface area contributed by atoms with Crippen molar-refractivity contribution >= 4 is 5.91 Å². The zero-order valence-corrected chi connectivity index (χ0v) is 11.8. The van der Waals surface area contributed by atoms with Crippen LogP contribution in [0.1, 0.15) is 29.6 Å². The molecule has 0 spiro atoms. The summed E-state index contributed by atoms with van der Waals surface area (Å²) in [6.07, 6.45) is 3.59. The van der Waals surface area contributed by atoms with E-state index in [4.69, 9.17) is 10.5 Å². The Labute approximate surface area is 119 Å². The molecule has 1 aromatic rings. The molecule has 1 saturated heterocycles. The first-order valence-electron chi connectivity index (χ1n) is 7.48. The first-order chi connectivity index (χ1) is 9.76. The van der Waals surface area contributed by atoms with Gasteiger partial charge in [-0.1, -0.05) is 0 Å². The fraction of sp³-hybridized carbons (Fsp3) is 0.562. The number of hydrogen-bond acceptors (Lipinski definition) is 3. The van der Waals surface area contributed by atoms with Gasteiger partial charge in [0.25, 0.3) is 5.91 Å². The second-order valence-electron chi connectivity index (χ2n) is 5.92. The van der Waals surface area contributed by atoms with E-state index < -0.39 is 0 Å². The predicted octanol–water partition coefficient (Wildman–Crippen LogP) is 1.90. The van der Waals surface area contributed by atoms with Crippen LogP contribution in [0.25, 0.3) is 0 Å². The molecular weight excluding hydrogens is 252 g/mol. The largest absolute Gasteiger partial charge is 0.493 e. The van der Waals surface area contributed by atoms with Crippen LogP contribution in [0.4, 0.5) is 0 Å². The van der Waals surface area contributed by atoms with Crippen LogP contribution in [0.3, 0.4) is 0 Å². The average molecular weight is 274 g/mol. The molecule has 20 heavy (non-hydrogen) atoms. The van der Waals surface area contributed by atoms with Gasteiger partial charge in [0.1, 0.15) is 5.75 Å². The van der Waals surface area contributed by atoms with E-state index in [1.54, 1.807) is 0 Å². The molecule has 0 aromatic heterocycles. The Hall–Kier alpha value is -1.55. The third-order valence-electron chi connectivity index (χ3n) is 4.19. The molecule has 1 saturated carbocycles. The number of carbonyl (C=O) groups excluding carboxylic acids is 1. The maximum absolute atomic E-state index is 12.3. The molecule has 2 aliphatic rings. The number of nitrogens with zero attached hydrogens (tertiary/aromatic N) is 1. The Morgan fingerprint density at radius 3 is 2.55 bits per heavy atom. The number of rotatable bonds is 5. The van der Waals surface area contributed by atoms with E-state index in [9.17, 15) is 4.79 Å². The molecular formula is C16H22N2O2. The maximum Gasteiger partial charge on any atom is 0.253 e. The second-order valence-corrected chi connectivity index (χ2v) is 5.92. The van der Waals surface area contributed by atoms with Crippen molar-refractivity contribution in [1.82, 2.24) is 4.90 Å². The number of hydrogen-bond donors (Lipinski definition) is 1. The number of amides is 1. The van der Waals surface area contributed by atoms with Gasteiger partial charge in [-0.2, -0.15) is 0 Å². The van der Waals surface area contributed by atoms with E-state index >= 15 is 0 Å². The van der Waals surface area contributed by atoms with Gasteiger partial charge >= 0.3 is 0 Å². The van der Waals surface area contributed by atoms with Gasteiger partial charge in [-0.15, -0.1) is 0 Å². The Balaban J connectivity index is 1.57. The van der Waals surface area contributed by atoms with Crippen molar-refractivity contribution in [2.45, 2.75) is 19.3 Å². The predicted molar refractivity (Wildman–Crippen MR) is 77.7 cm³/mol. The number of likely N-dealkylation sites (tertiary alicyclic amines) is 1. The maximum atomic E-state index is 12.3. The Morgan fingerprint density at radius 1 is 1.20 bits per heavy atom. The van der Waals surface area contributed by atoms with Crippen molar-refractivity contribution < 1.29 is 9.53 Å². The van der Waals surface area contributed by atoms with Gasteiger partial charge < -0.3 is 15.4 Å². The number of nitrogens with two attached hydrogens (primary N) is 1. The second kappa shape index (κ2) is 5.83. The van der Waals surface area contributed by atoms with Crippen LogP contribution < -0.4 is 10.5 Å². The van der Waals surface area contributed by atoms with E-state index in [1.165, 1.54) is 12.8 Å². The molecule has 4 nitrogen and oxygen atoms in total. The highest BCUT2D eigenvalue weighted by atomic mass is 16.5. The summed E-state index contributed by atoms with van der Waals surface area (Å²) < 4.78 is 5.68. The Kier molecular flexibility index (Phi) is 3.92. The molecule has 1 aliphatic carbocycles.